The van der Waals surface area contributed by atoms with E-state index in [2.05, 4.69) is 5.10 Å². The zero-order chi connectivity index (χ0) is 11.4. The highest BCUT2D eigenvalue weighted by molar-refractivity contribution is 5.85. The molecule has 0 radical (unpaired) electrons. The third-order valence-electron chi connectivity index (χ3n) is 1.67. The second-order valence-corrected chi connectivity index (χ2v) is 2.69. The lowest BCUT2D eigenvalue weighted by Gasteiger charge is -1.87. The fourth-order valence-corrected chi connectivity index (χ4v) is 1.01. The molecule has 1 rings (SSSR count). The van der Waals surface area contributed by atoms with Gasteiger partial charge in [0.1, 0.15) is 0 Å². The van der Waals surface area contributed by atoms with Crippen molar-refractivity contribution in [3.63, 3.8) is 0 Å². The number of nitrogens with zero attached hydrogens (tertiary/aromatic N) is 3. The quantitative estimate of drug-likeness (QED) is 0.453. The first-order valence-corrected chi connectivity index (χ1v) is 4.17. The van der Waals surface area contributed by atoms with Crippen LogP contribution in [0.25, 0.3) is 6.08 Å². The molecule has 1 aromatic heterocycles. The summed E-state index contributed by atoms with van der Waals surface area (Å²) in [6.45, 7) is 2.27. The Bertz CT molecular complexity index is 422. The zero-order valence-electron chi connectivity index (χ0n) is 7.95. The highest BCUT2D eigenvalue weighted by Gasteiger charge is 2.17. The minimum atomic E-state index is -1.16. The number of hydrogen-bond donors (Lipinski definition) is 1. The van der Waals surface area contributed by atoms with E-state index in [1.165, 1.54) is 10.9 Å². The SMILES string of the molecule is CCn1cc(C=CC(=O)O)c([N+](=O)[O-])n1. The second-order valence-electron chi connectivity index (χ2n) is 2.69. The molecule has 0 aliphatic heterocycles. The first kappa shape index (κ1) is 10.9. The molecular weight excluding hydrogens is 202 g/mol. The molecule has 1 aromatic rings. The molecule has 0 aromatic carbocycles. The van der Waals surface area contributed by atoms with Crippen molar-refractivity contribution in [2.45, 2.75) is 13.5 Å². The number of aromatic nitrogens is 2. The number of carboxylic acid groups (broad SMARTS) is 1. The maximum atomic E-state index is 10.5. The highest BCUT2D eigenvalue weighted by Crippen LogP contribution is 2.17. The number of hydrogen-bond acceptors (Lipinski definition) is 4. The minimum Gasteiger partial charge on any atom is -0.478 e. The van der Waals surface area contributed by atoms with Gasteiger partial charge in [0.2, 0.25) is 0 Å². The van der Waals surface area contributed by atoms with Crippen molar-refractivity contribution in [2.24, 2.45) is 0 Å². The molecule has 0 unspecified atom stereocenters. The predicted octanol–water partition coefficient (Wildman–Crippen LogP) is 0.909. The van der Waals surface area contributed by atoms with Crippen LogP contribution in [0.15, 0.2) is 12.3 Å². The maximum absolute atomic E-state index is 10.5. The van der Waals surface area contributed by atoms with Gasteiger partial charge in [-0.3, -0.25) is 0 Å². The first-order chi connectivity index (χ1) is 7.04. The Labute approximate surface area is 84.8 Å². The van der Waals surface area contributed by atoms with Gasteiger partial charge in [0.15, 0.2) is 0 Å². The first-order valence-electron chi connectivity index (χ1n) is 4.17. The van der Waals surface area contributed by atoms with Crippen LogP contribution in [0.3, 0.4) is 0 Å². The lowest BCUT2D eigenvalue weighted by molar-refractivity contribution is -0.390. The largest absolute Gasteiger partial charge is 0.478 e. The van der Waals surface area contributed by atoms with E-state index in [1.54, 1.807) is 6.92 Å². The summed E-state index contributed by atoms with van der Waals surface area (Å²) < 4.78 is 1.37. The summed E-state index contributed by atoms with van der Waals surface area (Å²) in [5.41, 5.74) is 0.184. The molecule has 0 atom stereocenters. The van der Waals surface area contributed by atoms with E-state index in [9.17, 15) is 14.9 Å². The fraction of sp³-hybridized carbons (Fsp3) is 0.250. The normalized spacial score (nSPS) is 10.7. The average molecular weight is 211 g/mol. The van der Waals surface area contributed by atoms with Crippen LogP contribution in [0, 0.1) is 10.1 Å². The number of rotatable bonds is 4. The molecule has 0 saturated heterocycles. The lowest BCUT2D eigenvalue weighted by Crippen LogP contribution is -1.96. The van der Waals surface area contributed by atoms with E-state index in [-0.39, 0.29) is 11.4 Å². The summed E-state index contributed by atoms with van der Waals surface area (Å²) in [5.74, 6) is -1.50. The average Bonchev–Trinajstić information content (AvgIpc) is 2.57. The fourth-order valence-electron chi connectivity index (χ4n) is 1.01. The van der Waals surface area contributed by atoms with E-state index >= 15 is 0 Å². The molecular formula is C8H9N3O4. The van der Waals surface area contributed by atoms with E-state index < -0.39 is 10.9 Å². The number of aryl methyl sites for hydroxylation is 1. The molecule has 1 N–H and O–H groups in total. The molecule has 0 aliphatic carbocycles. The highest BCUT2D eigenvalue weighted by atomic mass is 16.6. The molecule has 7 nitrogen and oxygen atoms in total. The van der Waals surface area contributed by atoms with Crippen molar-refractivity contribution in [1.29, 1.82) is 0 Å². The molecule has 1 heterocycles. The van der Waals surface area contributed by atoms with E-state index in [1.807, 2.05) is 0 Å². The van der Waals surface area contributed by atoms with Gasteiger partial charge in [-0.25, -0.2) is 4.79 Å². The lowest BCUT2D eigenvalue weighted by atomic mass is 10.3. The number of aliphatic carboxylic acids is 1. The van der Waals surface area contributed by atoms with Crippen LogP contribution in [0.5, 0.6) is 0 Å². The third-order valence-corrected chi connectivity index (χ3v) is 1.67. The molecule has 7 heteroatoms. The van der Waals surface area contributed by atoms with Gasteiger partial charge in [0, 0.05) is 6.08 Å². The van der Waals surface area contributed by atoms with Gasteiger partial charge < -0.3 is 15.2 Å². The van der Waals surface area contributed by atoms with Gasteiger partial charge in [-0.1, -0.05) is 0 Å². The second kappa shape index (κ2) is 4.36. The van der Waals surface area contributed by atoms with E-state index in [0.717, 1.165) is 12.2 Å². The topological polar surface area (TPSA) is 98.3 Å². The van der Waals surface area contributed by atoms with Gasteiger partial charge in [-0.05, 0) is 17.9 Å². The van der Waals surface area contributed by atoms with Gasteiger partial charge >= 0.3 is 11.8 Å². The monoisotopic (exact) mass is 211 g/mol. The Morgan fingerprint density at radius 1 is 1.80 bits per heavy atom. The van der Waals surface area contributed by atoms with Crippen molar-refractivity contribution in [3.05, 3.63) is 28.0 Å². The van der Waals surface area contributed by atoms with Crippen molar-refractivity contribution in [1.82, 2.24) is 9.78 Å². The minimum absolute atomic E-state index is 0.184. The van der Waals surface area contributed by atoms with Crippen LogP contribution in [0.2, 0.25) is 0 Å². The molecule has 0 saturated carbocycles. The van der Waals surface area contributed by atoms with Crippen LogP contribution < -0.4 is 0 Å². The number of carboxylic acids is 1. The molecule has 0 amide bonds. The summed E-state index contributed by atoms with van der Waals surface area (Å²) >= 11 is 0. The molecule has 80 valence electrons. The predicted molar refractivity (Wildman–Crippen MR) is 51.2 cm³/mol. The Balaban J connectivity index is 3.09. The van der Waals surface area contributed by atoms with Crippen LogP contribution in [0.4, 0.5) is 5.82 Å². The summed E-state index contributed by atoms with van der Waals surface area (Å²) in [7, 11) is 0. The van der Waals surface area contributed by atoms with E-state index in [4.69, 9.17) is 5.11 Å². The van der Waals surface area contributed by atoms with Crippen molar-refractivity contribution >= 4 is 17.9 Å². The summed E-state index contributed by atoms with van der Waals surface area (Å²) in [4.78, 5) is 20.1. The standard InChI is InChI=1S/C8H9N3O4/c1-2-10-5-6(3-4-7(12)13)8(9-10)11(14)15/h3-5H,2H2,1H3,(H,12,13). The Morgan fingerprint density at radius 3 is 2.93 bits per heavy atom. The van der Waals surface area contributed by atoms with Crippen LogP contribution in [0.1, 0.15) is 12.5 Å². The maximum Gasteiger partial charge on any atom is 0.397 e. The molecule has 0 aliphatic rings. The van der Waals surface area contributed by atoms with Gasteiger partial charge in [0.25, 0.3) is 0 Å². The van der Waals surface area contributed by atoms with Gasteiger partial charge in [-0.2, -0.15) is 4.68 Å². The summed E-state index contributed by atoms with van der Waals surface area (Å²) in [5, 5.41) is 22.6. The van der Waals surface area contributed by atoms with Crippen molar-refractivity contribution in [3.8, 4) is 0 Å². The van der Waals surface area contributed by atoms with Crippen molar-refractivity contribution < 1.29 is 14.8 Å². The summed E-state index contributed by atoms with van der Waals surface area (Å²) in [6.07, 6.45) is 3.42. The van der Waals surface area contributed by atoms with Gasteiger partial charge in [0.05, 0.1) is 23.4 Å². The Hall–Kier alpha value is -2.18. The number of carbonyl (C=O) groups is 1. The van der Waals surface area contributed by atoms with Crippen LogP contribution in [-0.4, -0.2) is 25.8 Å². The zero-order valence-corrected chi connectivity index (χ0v) is 7.95. The Kier molecular flexibility index (Phi) is 3.17. The van der Waals surface area contributed by atoms with Crippen molar-refractivity contribution in [2.75, 3.05) is 0 Å². The summed E-state index contributed by atoms with van der Waals surface area (Å²) in [6, 6.07) is 0. The molecule has 0 spiro atoms. The third kappa shape index (κ3) is 2.63. The molecule has 15 heavy (non-hydrogen) atoms. The molecule has 0 fully saturated rings. The smallest absolute Gasteiger partial charge is 0.397 e. The molecule has 0 bridgehead atoms. The Morgan fingerprint density at radius 2 is 2.47 bits per heavy atom. The van der Waals surface area contributed by atoms with E-state index in [0.29, 0.717) is 6.54 Å². The van der Waals surface area contributed by atoms with Gasteiger partial charge in [-0.15, -0.1) is 0 Å². The van der Waals surface area contributed by atoms with Crippen LogP contribution in [-0.2, 0) is 11.3 Å². The van der Waals surface area contributed by atoms with Crippen LogP contribution >= 0.6 is 0 Å². The number of nitro groups is 1.